The molecule has 3 aromatic rings. The van der Waals surface area contributed by atoms with Crippen LogP contribution in [0.3, 0.4) is 0 Å². The zero-order valence-corrected chi connectivity index (χ0v) is 26.4. The maximum atomic E-state index is 14.3. The van der Waals surface area contributed by atoms with E-state index in [4.69, 9.17) is 4.43 Å². The van der Waals surface area contributed by atoms with Gasteiger partial charge in [0.2, 0.25) is 5.91 Å². The minimum absolute atomic E-state index is 0.0974. The van der Waals surface area contributed by atoms with Gasteiger partial charge in [0.25, 0.3) is 0 Å². The first-order valence-corrected chi connectivity index (χ1v) is 17.8. The Hall–Kier alpha value is -3.08. The van der Waals surface area contributed by atoms with E-state index in [9.17, 15) is 19.1 Å². The number of aromatic nitrogens is 1. The van der Waals surface area contributed by atoms with Crippen molar-refractivity contribution in [2.75, 3.05) is 5.32 Å². The van der Waals surface area contributed by atoms with E-state index in [2.05, 4.69) is 44.2 Å². The van der Waals surface area contributed by atoms with Gasteiger partial charge in [-0.25, -0.2) is 14.2 Å². The van der Waals surface area contributed by atoms with Crippen LogP contribution in [0.5, 0.6) is 0 Å². The Labute approximate surface area is 246 Å². The number of thiazole rings is 1. The van der Waals surface area contributed by atoms with Gasteiger partial charge in [-0.1, -0.05) is 45.0 Å². The van der Waals surface area contributed by atoms with Gasteiger partial charge in [0.05, 0.1) is 29.3 Å². The largest absolute Gasteiger partial charge is 0.465 e. The molecule has 2 amide bonds. The summed E-state index contributed by atoms with van der Waals surface area (Å²) in [5.41, 5.74) is 4.76. The number of carbonyl (C=O) groups is 2. The standard InChI is InChI=1S/C31H40FN3O4SSi/c1-20(26-18-40-19-33-26)29(36)34-24-12-10-21(11-13-24)16-25-14-15-27(35(25)30(37)38)28(22-8-7-9-23(32)17-22)39-41(5,6)31(2,3)4/h7-13,17-20,25,27-28H,14-16H2,1-6H3,(H,34,36)(H,37,38)/t20?,25-,27+,28?/m1/s1. The molecule has 0 radical (unpaired) electrons. The zero-order chi connectivity index (χ0) is 29.9. The number of rotatable bonds is 9. The number of likely N-dealkylation sites (tertiary alicyclic amines) is 1. The molecule has 2 N–H and O–H groups in total. The van der Waals surface area contributed by atoms with Crippen molar-refractivity contribution in [1.29, 1.82) is 0 Å². The van der Waals surface area contributed by atoms with Gasteiger partial charge < -0.3 is 14.8 Å². The molecule has 4 rings (SSSR count). The third-order valence-corrected chi connectivity index (χ3v) is 13.6. The Bertz CT molecular complexity index is 1340. The summed E-state index contributed by atoms with van der Waals surface area (Å²) in [6.07, 6.45) is 0.257. The second-order valence-electron chi connectivity index (χ2n) is 12.4. The maximum absolute atomic E-state index is 14.3. The lowest BCUT2D eigenvalue weighted by Gasteiger charge is -2.42. The summed E-state index contributed by atoms with van der Waals surface area (Å²) in [6.45, 7) is 12.5. The fourth-order valence-corrected chi connectivity index (χ4v) is 7.00. The molecule has 2 heterocycles. The van der Waals surface area contributed by atoms with E-state index in [1.165, 1.54) is 28.4 Å². The van der Waals surface area contributed by atoms with E-state index >= 15 is 0 Å². The first-order chi connectivity index (χ1) is 19.3. The van der Waals surface area contributed by atoms with Crippen LogP contribution >= 0.6 is 11.3 Å². The van der Waals surface area contributed by atoms with Gasteiger partial charge in [-0.3, -0.25) is 9.69 Å². The third-order valence-electron chi connectivity index (χ3n) is 8.50. The van der Waals surface area contributed by atoms with Gasteiger partial charge in [-0.2, -0.15) is 0 Å². The molecule has 2 unspecified atom stereocenters. The molecular weight excluding hydrogens is 558 g/mol. The molecule has 2 aromatic carbocycles. The number of hydrogen-bond donors (Lipinski definition) is 2. The Balaban J connectivity index is 1.51. The van der Waals surface area contributed by atoms with Gasteiger partial charge in [-0.15, -0.1) is 11.3 Å². The summed E-state index contributed by atoms with van der Waals surface area (Å²) >= 11 is 1.46. The molecule has 1 saturated heterocycles. The minimum atomic E-state index is -2.32. The number of benzene rings is 2. The fraction of sp³-hybridized carbons (Fsp3) is 0.452. The highest BCUT2D eigenvalue weighted by atomic mass is 32.1. The highest BCUT2D eigenvalue weighted by Gasteiger charge is 2.46. The summed E-state index contributed by atoms with van der Waals surface area (Å²) in [5.74, 6) is -0.861. The maximum Gasteiger partial charge on any atom is 0.407 e. The van der Waals surface area contributed by atoms with Crippen molar-refractivity contribution in [1.82, 2.24) is 9.88 Å². The lowest BCUT2D eigenvalue weighted by molar-refractivity contribution is -0.117. The van der Waals surface area contributed by atoms with E-state index in [1.54, 1.807) is 11.6 Å². The molecule has 0 aliphatic carbocycles. The van der Waals surface area contributed by atoms with Crippen molar-refractivity contribution >= 4 is 37.3 Å². The number of nitrogens with one attached hydrogen (secondary N) is 1. The van der Waals surface area contributed by atoms with Crippen molar-refractivity contribution in [2.24, 2.45) is 0 Å². The van der Waals surface area contributed by atoms with Gasteiger partial charge in [-0.05, 0) is 79.7 Å². The predicted molar refractivity (Wildman–Crippen MR) is 163 cm³/mol. The molecule has 1 aromatic heterocycles. The minimum Gasteiger partial charge on any atom is -0.465 e. The van der Waals surface area contributed by atoms with Crippen LogP contribution in [0.4, 0.5) is 14.9 Å². The van der Waals surface area contributed by atoms with Crippen molar-refractivity contribution < 1.29 is 23.5 Å². The number of carbonyl (C=O) groups excluding carboxylic acids is 1. The third kappa shape index (κ3) is 7.23. The molecule has 220 valence electrons. The van der Waals surface area contributed by atoms with Crippen molar-refractivity contribution in [2.45, 2.75) is 89.2 Å². The van der Waals surface area contributed by atoms with Gasteiger partial charge in [0.1, 0.15) is 5.82 Å². The highest BCUT2D eigenvalue weighted by Crippen LogP contribution is 2.44. The summed E-state index contributed by atoms with van der Waals surface area (Å²) in [5, 5.41) is 15.1. The molecule has 4 atom stereocenters. The molecule has 7 nitrogen and oxygen atoms in total. The monoisotopic (exact) mass is 597 g/mol. The molecule has 1 aliphatic rings. The van der Waals surface area contributed by atoms with Gasteiger partial charge in [0.15, 0.2) is 8.32 Å². The quantitative estimate of drug-likeness (QED) is 0.245. The van der Waals surface area contributed by atoms with Crippen LogP contribution in [-0.2, 0) is 15.6 Å². The number of halogens is 1. The Morgan fingerprint density at radius 2 is 1.90 bits per heavy atom. The van der Waals surface area contributed by atoms with E-state index in [0.717, 1.165) is 11.3 Å². The molecule has 1 aliphatic heterocycles. The summed E-state index contributed by atoms with van der Waals surface area (Å²) in [4.78, 5) is 31.1. The molecule has 0 spiro atoms. The SMILES string of the molecule is CC(C(=O)Nc1ccc(C[C@H]2CC[C@@H](C(O[Si](C)(C)C(C)(C)C)c3cccc(F)c3)N2C(=O)O)cc1)c1cscn1. The fourth-order valence-electron chi connectivity index (χ4n) is 5.07. The molecule has 0 saturated carbocycles. The van der Waals surface area contributed by atoms with Crippen molar-refractivity contribution in [3.63, 3.8) is 0 Å². The highest BCUT2D eigenvalue weighted by molar-refractivity contribution is 7.07. The second-order valence-corrected chi connectivity index (χ2v) is 17.8. The molecule has 0 bridgehead atoms. The van der Waals surface area contributed by atoms with Crippen LogP contribution < -0.4 is 5.32 Å². The van der Waals surface area contributed by atoms with Crippen LogP contribution in [-0.4, -0.2) is 47.4 Å². The normalized spacial score (nSPS) is 19.1. The predicted octanol–water partition coefficient (Wildman–Crippen LogP) is 7.84. The molecule has 1 fully saturated rings. The molecule has 10 heteroatoms. The Morgan fingerprint density at radius 1 is 1.20 bits per heavy atom. The Morgan fingerprint density at radius 3 is 2.49 bits per heavy atom. The number of anilines is 1. The second kappa shape index (κ2) is 12.4. The van der Waals surface area contributed by atoms with Gasteiger partial charge in [0, 0.05) is 17.1 Å². The van der Waals surface area contributed by atoms with Crippen molar-refractivity contribution in [3.05, 3.63) is 82.1 Å². The van der Waals surface area contributed by atoms with Crippen LogP contribution in [0.25, 0.3) is 0 Å². The average Bonchev–Trinajstić information content (AvgIpc) is 3.58. The van der Waals surface area contributed by atoms with Gasteiger partial charge >= 0.3 is 6.09 Å². The topological polar surface area (TPSA) is 91.8 Å². The van der Waals surface area contributed by atoms with E-state index in [-0.39, 0.29) is 28.7 Å². The van der Waals surface area contributed by atoms with E-state index < -0.39 is 26.6 Å². The average molecular weight is 598 g/mol. The summed E-state index contributed by atoms with van der Waals surface area (Å²) in [6, 6.07) is 13.2. The van der Waals surface area contributed by atoms with Crippen molar-refractivity contribution in [3.8, 4) is 0 Å². The lowest BCUT2D eigenvalue weighted by atomic mass is 10.0. The number of amides is 2. The van der Waals surface area contributed by atoms with Crippen LogP contribution in [0.2, 0.25) is 18.1 Å². The van der Waals surface area contributed by atoms with E-state index in [1.807, 2.05) is 42.6 Å². The number of hydrogen-bond acceptors (Lipinski definition) is 5. The summed E-state index contributed by atoms with van der Waals surface area (Å²) in [7, 11) is -2.32. The smallest absolute Gasteiger partial charge is 0.407 e. The summed E-state index contributed by atoms with van der Waals surface area (Å²) < 4.78 is 21.2. The first-order valence-electron chi connectivity index (χ1n) is 14.0. The van der Waals surface area contributed by atoms with E-state index in [0.29, 0.717) is 30.5 Å². The zero-order valence-electron chi connectivity index (χ0n) is 24.6. The van der Waals surface area contributed by atoms with Crippen LogP contribution in [0.15, 0.2) is 59.4 Å². The first kappa shape index (κ1) is 30.9. The van der Waals surface area contributed by atoms with Crippen LogP contribution in [0.1, 0.15) is 69.4 Å². The lowest BCUT2D eigenvalue weighted by Crippen LogP contribution is -2.49. The Kier molecular flexibility index (Phi) is 9.35. The molecular formula is C31H40FN3O4SSi. The molecule has 41 heavy (non-hydrogen) atoms. The van der Waals surface area contributed by atoms with Crippen LogP contribution in [0, 0.1) is 5.82 Å². The number of nitrogens with zero attached hydrogens (tertiary/aromatic N) is 2. The number of carboxylic acid groups (broad SMARTS) is 1.